The number of nitrogens with zero attached hydrogens (tertiary/aromatic N) is 6. The van der Waals surface area contributed by atoms with Crippen LogP contribution in [0.1, 0.15) is 0 Å². The lowest BCUT2D eigenvalue weighted by Crippen LogP contribution is -1.98. The van der Waals surface area contributed by atoms with E-state index in [-0.39, 0.29) is 5.82 Å². The molecule has 25 heavy (non-hydrogen) atoms. The van der Waals surface area contributed by atoms with Crippen LogP contribution in [0.15, 0.2) is 67.1 Å². The highest BCUT2D eigenvalue weighted by Crippen LogP contribution is 2.24. The van der Waals surface area contributed by atoms with E-state index in [0.29, 0.717) is 22.7 Å². The Morgan fingerprint density at radius 1 is 0.880 bits per heavy atom. The van der Waals surface area contributed by atoms with E-state index in [9.17, 15) is 4.39 Å². The molecule has 2 aromatic carbocycles. The summed E-state index contributed by atoms with van der Waals surface area (Å²) < 4.78 is 17.0. The molecular formula is C18H11FN6. The second-order valence-corrected chi connectivity index (χ2v) is 5.60. The zero-order valence-corrected chi connectivity index (χ0v) is 12.9. The van der Waals surface area contributed by atoms with E-state index >= 15 is 0 Å². The molecule has 0 N–H and O–H groups in total. The average Bonchev–Trinajstić information content (AvgIpc) is 3.26. The fourth-order valence-electron chi connectivity index (χ4n) is 2.90. The van der Waals surface area contributed by atoms with Gasteiger partial charge < -0.3 is 0 Å². The first-order valence-electron chi connectivity index (χ1n) is 7.70. The van der Waals surface area contributed by atoms with E-state index < -0.39 is 0 Å². The Balaban J connectivity index is 1.74. The van der Waals surface area contributed by atoms with Crippen LogP contribution in [0.4, 0.5) is 4.39 Å². The summed E-state index contributed by atoms with van der Waals surface area (Å²) in [4.78, 5) is 4.52. The van der Waals surface area contributed by atoms with E-state index in [4.69, 9.17) is 0 Å². The van der Waals surface area contributed by atoms with Crippen molar-refractivity contribution < 1.29 is 4.39 Å². The summed E-state index contributed by atoms with van der Waals surface area (Å²) in [6.07, 6.45) is 3.35. The van der Waals surface area contributed by atoms with Crippen molar-refractivity contribution in [1.82, 2.24) is 29.4 Å². The molecule has 0 radical (unpaired) electrons. The third kappa shape index (κ3) is 2.09. The van der Waals surface area contributed by atoms with Gasteiger partial charge in [0.05, 0.1) is 17.3 Å². The van der Waals surface area contributed by atoms with Crippen LogP contribution >= 0.6 is 0 Å². The van der Waals surface area contributed by atoms with Gasteiger partial charge in [-0.2, -0.15) is 5.10 Å². The van der Waals surface area contributed by atoms with Crippen molar-refractivity contribution in [2.45, 2.75) is 0 Å². The zero-order chi connectivity index (χ0) is 16.8. The van der Waals surface area contributed by atoms with Crippen molar-refractivity contribution >= 4 is 16.7 Å². The van der Waals surface area contributed by atoms with Gasteiger partial charge in [-0.1, -0.05) is 30.3 Å². The monoisotopic (exact) mass is 330 g/mol. The minimum absolute atomic E-state index is 0.319. The van der Waals surface area contributed by atoms with Crippen LogP contribution in [-0.2, 0) is 0 Å². The molecule has 3 aromatic heterocycles. The first kappa shape index (κ1) is 13.8. The zero-order valence-electron chi connectivity index (χ0n) is 12.9. The van der Waals surface area contributed by atoms with Crippen LogP contribution < -0.4 is 0 Å². The first-order valence-corrected chi connectivity index (χ1v) is 7.70. The molecular weight excluding hydrogens is 319 g/mol. The second kappa shape index (κ2) is 5.20. The largest absolute Gasteiger partial charge is 0.265 e. The highest BCUT2D eigenvalue weighted by Gasteiger charge is 2.15. The van der Waals surface area contributed by atoms with Gasteiger partial charge in [0.1, 0.15) is 12.1 Å². The van der Waals surface area contributed by atoms with Gasteiger partial charge in [-0.25, -0.2) is 14.1 Å². The van der Waals surface area contributed by atoms with Gasteiger partial charge in [0.2, 0.25) is 0 Å². The lowest BCUT2D eigenvalue weighted by Gasteiger charge is -2.03. The van der Waals surface area contributed by atoms with E-state index in [1.54, 1.807) is 33.7 Å². The number of rotatable bonds is 2. The van der Waals surface area contributed by atoms with Gasteiger partial charge in [0.15, 0.2) is 17.1 Å². The molecule has 0 amide bonds. The van der Waals surface area contributed by atoms with E-state index in [0.717, 1.165) is 11.1 Å². The highest BCUT2D eigenvalue weighted by atomic mass is 19.1. The standard InChI is InChI=1S/C18H11FN6/c19-13-6-4-5-12(9-13)16-22-23-18-15-10-21-25(14-7-2-1-3-8-14)17(15)20-11-24(16)18/h1-11H. The molecule has 0 aliphatic rings. The third-order valence-electron chi connectivity index (χ3n) is 4.06. The molecule has 3 heterocycles. The fraction of sp³-hybridized carbons (Fsp3) is 0. The number of aromatic nitrogens is 6. The van der Waals surface area contributed by atoms with Crippen LogP contribution in [-0.4, -0.2) is 29.4 Å². The van der Waals surface area contributed by atoms with Gasteiger partial charge in [0.25, 0.3) is 0 Å². The van der Waals surface area contributed by atoms with Crippen LogP contribution in [0.25, 0.3) is 33.8 Å². The van der Waals surface area contributed by atoms with Gasteiger partial charge in [-0.3, -0.25) is 4.40 Å². The smallest absolute Gasteiger partial charge is 0.175 e. The molecule has 0 saturated heterocycles. The first-order chi connectivity index (χ1) is 12.3. The van der Waals surface area contributed by atoms with Crippen LogP contribution in [0.2, 0.25) is 0 Å². The van der Waals surface area contributed by atoms with Gasteiger partial charge >= 0.3 is 0 Å². The number of para-hydroxylation sites is 1. The highest BCUT2D eigenvalue weighted by molar-refractivity contribution is 5.90. The lowest BCUT2D eigenvalue weighted by atomic mass is 10.2. The van der Waals surface area contributed by atoms with Crippen LogP contribution in [0, 0.1) is 5.82 Å². The molecule has 5 rings (SSSR count). The van der Waals surface area contributed by atoms with Gasteiger partial charge in [-0.15, -0.1) is 10.2 Å². The maximum Gasteiger partial charge on any atom is 0.175 e. The molecule has 0 unspecified atom stereocenters. The molecule has 0 fully saturated rings. The molecule has 5 aromatic rings. The van der Waals surface area contributed by atoms with Crippen LogP contribution in [0.3, 0.4) is 0 Å². The number of benzene rings is 2. The molecule has 0 bridgehead atoms. The van der Waals surface area contributed by atoms with Crippen molar-refractivity contribution in [3.63, 3.8) is 0 Å². The summed E-state index contributed by atoms with van der Waals surface area (Å²) in [6, 6.07) is 16.0. The topological polar surface area (TPSA) is 60.9 Å². The minimum Gasteiger partial charge on any atom is -0.265 e. The molecule has 7 heteroatoms. The lowest BCUT2D eigenvalue weighted by molar-refractivity contribution is 0.628. The number of fused-ring (bicyclic) bond motifs is 3. The summed E-state index contributed by atoms with van der Waals surface area (Å²) in [7, 11) is 0. The Hall–Kier alpha value is -3.61. The van der Waals surface area contributed by atoms with E-state index in [1.165, 1.54) is 12.1 Å². The van der Waals surface area contributed by atoms with Crippen molar-refractivity contribution in [2.75, 3.05) is 0 Å². The Kier molecular flexibility index (Phi) is 2.87. The Morgan fingerprint density at radius 3 is 2.60 bits per heavy atom. The van der Waals surface area contributed by atoms with Crippen molar-refractivity contribution in [3.8, 4) is 17.1 Å². The molecule has 0 spiro atoms. The molecule has 0 aliphatic heterocycles. The SMILES string of the molecule is Fc1cccc(-c2nnc3c4cnn(-c5ccccc5)c4ncn23)c1. The van der Waals surface area contributed by atoms with Crippen molar-refractivity contribution in [2.24, 2.45) is 0 Å². The summed E-state index contributed by atoms with van der Waals surface area (Å²) in [5.74, 6) is 0.219. The Labute approximate surface area is 141 Å². The van der Waals surface area contributed by atoms with Crippen molar-refractivity contribution in [1.29, 1.82) is 0 Å². The van der Waals surface area contributed by atoms with Gasteiger partial charge in [0, 0.05) is 5.56 Å². The number of halogens is 1. The number of hydrogen-bond donors (Lipinski definition) is 0. The van der Waals surface area contributed by atoms with E-state index in [2.05, 4.69) is 20.3 Å². The molecule has 0 saturated carbocycles. The average molecular weight is 330 g/mol. The van der Waals surface area contributed by atoms with Crippen LogP contribution in [0.5, 0.6) is 0 Å². The maximum absolute atomic E-state index is 13.5. The third-order valence-corrected chi connectivity index (χ3v) is 4.06. The predicted octanol–water partition coefficient (Wildman–Crippen LogP) is 3.27. The number of hydrogen-bond acceptors (Lipinski definition) is 4. The quantitative estimate of drug-likeness (QED) is 0.498. The minimum atomic E-state index is -0.319. The molecule has 0 atom stereocenters. The van der Waals surface area contributed by atoms with Gasteiger partial charge in [-0.05, 0) is 24.3 Å². The Morgan fingerprint density at radius 2 is 1.76 bits per heavy atom. The van der Waals surface area contributed by atoms with Crippen molar-refractivity contribution in [3.05, 3.63) is 72.9 Å². The summed E-state index contributed by atoms with van der Waals surface area (Å²) in [5.41, 5.74) is 2.88. The summed E-state index contributed by atoms with van der Waals surface area (Å²) >= 11 is 0. The molecule has 120 valence electrons. The second-order valence-electron chi connectivity index (χ2n) is 5.60. The molecule has 0 aliphatic carbocycles. The normalized spacial score (nSPS) is 11.4. The predicted molar refractivity (Wildman–Crippen MR) is 90.8 cm³/mol. The summed E-state index contributed by atoms with van der Waals surface area (Å²) in [6.45, 7) is 0. The summed E-state index contributed by atoms with van der Waals surface area (Å²) in [5, 5.41) is 13.7. The Bertz CT molecular complexity index is 1210. The fourth-order valence-corrected chi connectivity index (χ4v) is 2.90. The molecule has 6 nitrogen and oxygen atoms in total. The maximum atomic E-state index is 13.5. The van der Waals surface area contributed by atoms with E-state index in [1.807, 2.05) is 30.3 Å².